The van der Waals surface area contributed by atoms with Crippen molar-refractivity contribution in [3.8, 4) is 17.1 Å². The Kier molecular flexibility index (Phi) is 6.61. The van der Waals surface area contributed by atoms with Crippen LogP contribution in [0.15, 0.2) is 42.0 Å². The number of benzene rings is 1. The van der Waals surface area contributed by atoms with Gasteiger partial charge in [-0.3, -0.25) is 10.1 Å². The molecule has 9 nitrogen and oxygen atoms in total. The third-order valence-electron chi connectivity index (χ3n) is 5.72. The molecular formula is C23H24ClN7O2S. The van der Waals surface area contributed by atoms with Gasteiger partial charge in [-0.1, -0.05) is 11.6 Å². The predicted molar refractivity (Wildman–Crippen MR) is 135 cm³/mol. The summed E-state index contributed by atoms with van der Waals surface area (Å²) in [5.41, 5.74) is 3.11. The summed E-state index contributed by atoms with van der Waals surface area (Å²) in [6.45, 7) is 2.01. The van der Waals surface area contributed by atoms with Gasteiger partial charge in [0.25, 0.3) is 5.91 Å². The lowest BCUT2D eigenvalue weighted by molar-refractivity contribution is -0.118. The summed E-state index contributed by atoms with van der Waals surface area (Å²) in [6.07, 6.45) is 5.39. The number of carbonyl (C=O) groups excluding carboxylic acids is 1. The van der Waals surface area contributed by atoms with E-state index in [1.54, 1.807) is 29.9 Å². The minimum absolute atomic E-state index is 0.0992. The zero-order valence-corrected chi connectivity index (χ0v) is 20.1. The number of aromatic amines is 1. The molecule has 1 aliphatic heterocycles. The Morgan fingerprint density at radius 1 is 1.26 bits per heavy atom. The molecule has 0 radical (unpaired) electrons. The highest BCUT2D eigenvalue weighted by atomic mass is 35.5. The third kappa shape index (κ3) is 5.14. The topological polar surface area (TPSA) is 108 Å². The molecule has 0 unspecified atom stereocenters. The number of nitrogens with zero attached hydrogens (tertiary/aromatic N) is 4. The van der Waals surface area contributed by atoms with Gasteiger partial charge < -0.3 is 19.9 Å². The molecule has 0 aliphatic carbocycles. The van der Waals surface area contributed by atoms with E-state index in [0.717, 1.165) is 42.7 Å². The van der Waals surface area contributed by atoms with Crippen molar-refractivity contribution < 1.29 is 9.53 Å². The highest BCUT2D eigenvalue weighted by Gasteiger charge is 2.20. The number of carbonyl (C=O) groups is 1. The Morgan fingerprint density at radius 3 is 2.79 bits per heavy atom. The summed E-state index contributed by atoms with van der Waals surface area (Å²) in [5.74, 6) is 1.01. The van der Waals surface area contributed by atoms with Crippen molar-refractivity contribution in [1.82, 2.24) is 24.8 Å². The van der Waals surface area contributed by atoms with E-state index in [1.165, 1.54) is 11.3 Å². The molecule has 1 aliphatic rings. The van der Waals surface area contributed by atoms with Gasteiger partial charge in [-0.25, -0.2) is 15.0 Å². The van der Waals surface area contributed by atoms with Gasteiger partial charge in [-0.2, -0.15) is 0 Å². The van der Waals surface area contributed by atoms with Crippen molar-refractivity contribution in [2.45, 2.75) is 18.9 Å². The van der Waals surface area contributed by atoms with Gasteiger partial charge in [-0.05, 0) is 57.2 Å². The maximum absolute atomic E-state index is 12.0. The van der Waals surface area contributed by atoms with Crippen molar-refractivity contribution in [1.29, 1.82) is 0 Å². The van der Waals surface area contributed by atoms with Gasteiger partial charge in [0.1, 0.15) is 17.1 Å². The smallest absolute Gasteiger partial charge is 0.264 e. The second-order valence-electron chi connectivity index (χ2n) is 8.19. The average molecular weight is 498 g/mol. The van der Waals surface area contributed by atoms with Crippen molar-refractivity contribution >= 4 is 50.8 Å². The van der Waals surface area contributed by atoms with E-state index in [0.29, 0.717) is 33.4 Å². The number of nitrogens with one attached hydrogen (secondary N) is 3. The monoisotopic (exact) mass is 497 g/mol. The fourth-order valence-corrected chi connectivity index (χ4v) is 4.61. The number of hydrogen-bond donors (Lipinski definition) is 3. The zero-order valence-electron chi connectivity index (χ0n) is 18.5. The van der Waals surface area contributed by atoms with Crippen LogP contribution in [0.3, 0.4) is 0 Å². The number of hydrogen-bond acceptors (Lipinski definition) is 8. The lowest BCUT2D eigenvalue weighted by Crippen LogP contribution is -2.36. The number of piperidine rings is 1. The second kappa shape index (κ2) is 9.96. The molecule has 11 heteroatoms. The van der Waals surface area contributed by atoms with Crippen LogP contribution in [0.1, 0.15) is 12.8 Å². The Bertz CT molecular complexity index is 1270. The maximum atomic E-state index is 12.0. The normalized spacial score (nSPS) is 14.9. The van der Waals surface area contributed by atoms with Crippen LogP contribution in [0, 0.1) is 0 Å². The lowest BCUT2D eigenvalue weighted by Gasteiger charge is -2.30. The molecule has 5 rings (SSSR count). The quantitative estimate of drug-likeness (QED) is 0.350. The zero-order chi connectivity index (χ0) is 23.5. The number of anilines is 2. The minimum atomic E-state index is -0.260. The Hall–Kier alpha value is -3.21. The number of H-pyrrole nitrogens is 1. The Morgan fingerprint density at radius 2 is 2.06 bits per heavy atom. The molecule has 0 spiro atoms. The fraction of sp³-hybridized carbons (Fsp3) is 0.304. The first-order chi connectivity index (χ1) is 16.5. The van der Waals surface area contributed by atoms with E-state index in [9.17, 15) is 4.79 Å². The number of fused-ring (bicyclic) bond motifs is 1. The first-order valence-corrected chi connectivity index (χ1v) is 12.2. The van der Waals surface area contributed by atoms with Crippen LogP contribution in [-0.4, -0.2) is 63.5 Å². The molecule has 3 aromatic heterocycles. The summed E-state index contributed by atoms with van der Waals surface area (Å²) in [5, 5.41) is 9.20. The number of ether oxygens (including phenoxy) is 1. The summed E-state index contributed by atoms with van der Waals surface area (Å²) in [7, 11) is 2.14. The fourth-order valence-electron chi connectivity index (χ4n) is 3.87. The number of imidazole rings is 1. The van der Waals surface area contributed by atoms with Gasteiger partial charge >= 0.3 is 0 Å². The molecule has 4 heterocycles. The predicted octanol–water partition coefficient (Wildman–Crippen LogP) is 4.26. The molecule has 0 bridgehead atoms. The first kappa shape index (κ1) is 22.6. The molecule has 1 saturated heterocycles. The number of amides is 1. The van der Waals surface area contributed by atoms with Gasteiger partial charge in [0, 0.05) is 23.2 Å². The van der Waals surface area contributed by atoms with Crippen molar-refractivity contribution in [3.63, 3.8) is 0 Å². The van der Waals surface area contributed by atoms with Gasteiger partial charge in [-0.15, -0.1) is 11.3 Å². The van der Waals surface area contributed by atoms with Crippen LogP contribution in [0.2, 0.25) is 5.02 Å². The van der Waals surface area contributed by atoms with E-state index in [1.807, 2.05) is 12.1 Å². The number of halogens is 1. The third-order valence-corrected chi connectivity index (χ3v) is 6.69. The molecule has 0 saturated carbocycles. The van der Waals surface area contributed by atoms with E-state index in [-0.39, 0.29) is 12.5 Å². The first-order valence-electron chi connectivity index (χ1n) is 11.0. The molecule has 0 atom stereocenters. The molecule has 4 aromatic rings. The number of rotatable bonds is 7. The number of aromatic nitrogens is 4. The molecule has 1 fully saturated rings. The van der Waals surface area contributed by atoms with Crippen molar-refractivity contribution in [2.24, 2.45) is 0 Å². The van der Waals surface area contributed by atoms with Gasteiger partial charge in [0.2, 0.25) is 0 Å². The molecule has 1 aromatic carbocycles. The Balaban J connectivity index is 1.28. The summed E-state index contributed by atoms with van der Waals surface area (Å²) in [4.78, 5) is 30.7. The van der Waals surface area contributed by atoms with Crippen LogP contribution >= 0.6 is 22.9 Å². The van der Waals surface area contributed by atoms with Gasteiger partial charge in [0.05, 0.1) is 16.9 Å². The van der Waals surface area contributed by atoms with E-state index >= 15 is 0 Å². The number of thiazole rings is 1. The second-order valence-corrected chi connectivity index (χ2v) is 9.49. The maximum Gasteiger partial charge on any atom is 0.264 e. The molecule has 34 heavy (non-hydrogen) atoms. The molecule has 1 amide bonds. The van der Waals surface area contributed by atoms with Crippen LogP contribution < -0.4 is 15.4 Å². The van der Waals surface area contributed by atoms with E-state index in [4.69, 9.17) is 16.3 Å². The molecular weight excluding hydrogens is 474 g/mol. The van der Waals surface area contributed by atoms with Crippen molar-refractivity contribution in [3.05, 3.63) is 47.1 Å². The summed E-state index contributed by atoms with van der Waals surface area (Å²) in [6, 6.07) is 7.74. The standard InChI is InChI=1S/C23H24ClN7O2S/c1-31-9-6-15(7-10-31)27-19-17(24)12-26-22-20(19)29-21(30-22)14-2-4-16(5-3-14)33-13-18(32)28-23-25-8-11-34-23/h2-5,8,11-12,15H,6-7,9-10,13H2,1H3,(H,25,28,32)(H2,26,27,29,30). The highest BCUT2D eigenvalue weighted by molar-refractivity contribution is 7.13. The highest BCUT2D eigenvalue weighted by Crippen LogP contribution is 2.32. The SMILES string of the molecule is CN1CCC(Nc2c(Cl)cnc3nc(-c4ccc(OCC(=O)Nc5nccs5)cc4)[nH]c23)CC1. The van der Waals surface area contributed by atoms with Crippen LogP contribution in [0.5, 0.6) is 5.75 Å². The molecule has 176 valence electrons. The largest absolute Gasteiger partial charge is 0.484 e. The average Bonchev–Trinajstić information content (AvgIpc) is 3.51. The number of pyridine rings is 1. The van der Waals surface area contributed by atoms with Crippen molar-refractivity contribution in [2.75, 3.05) is 37.4 Å². The van der Waals surface area contributed by atoms with E-state index < -0.39 is 0 Å². The summed E-state index contributed by atoms with van der Waals surface area (Å²) >= 11 is 7.85. The minimum Gasteiger partial charge on any atom is -0.484 e. The summed E-state index contributed by atoms with van der Waals surface area (Å²) < 4.78 is 5.58. The molecule has 3 N–H and O–H groups in total. The lowest BCUT2D eigenvalue weighted by atomic mass is 10.1. The van der Waals surface area contributed by atoms with Crippen LogP contribution in [0.4, 0.5) is 10.8 Å². The number of likely N-dealkylation sites (tertiary alicyclic amines) is 1. The van der Waals surface area contributed by atoms with Crippen LogP contribution in [0.25, 0.3) is 22.6 Å². The van der Waals surface area contributed by atoms with Gasteiger partial charge in [0.15, 0.2) is 17.4 Å². The Labute approximate surface area is 205 Å². The van der Waals surface area contributed by atoms with Crippen LogP contribution in [-0.2, 0) is 4.79 Å². The van der Waals surface area contributed by atoms with E-state index in [2.05, 4.69) is 42.5 Å².